The lowest BCUT2D eigenvalue weighted by Crippen LogP contribution is -2.15. The van der Waals surface area contributed by atoms with Gasteiger partial charge in [0.05, 0.1) is 0 Å². The number of hydrogen-bond acceptors (Lipinski definition) is 4. The lowest BCUT2D eigenvalue weighted by atomic mass is 9.97. The van der Waals surface area contributed by atoms with Crippen molar-refractivity contribution < 1.29 is 9.52 Å². The lowest BCUT2D eigenvalue weighted by molar-refractivity contribution is 0.224. The van der Waals surface area contributed by atoms with Crippen LogP contribution in [0.3, 0.4) is 0 Å². The van der Waals surface area contributed by atoms with E-state index < -0.39 is 6.23 Å². The minimum absolute atomic E-state index is 0.0986. The van der Waals surface area contributed by atoms with E-state index in [1.54, 1.807) is 6.92 Å². The van der Waals surface area contributed by atoms with Crippen molar-refractivity contribution >= 4 is 5.82 Å². The zero-order chi connectivity index (χ0) is 10.1. The van der Waals surface area contributed by atoms with Crippen LogP contribution in [0, 0.1) is 0 Å². The highest BCUT2D eigenvalue weighted by Gasteiger charge is 2.20. The van der Waals surface area contributed by atoms with Crippen LogP contribution in [-0.2, 0) is 5.41 Å². The molecule has 2 N–H and O–H groups in total. The molecule has 0 amide bonds. The number of aliphatic hydroxyl groups is 1. The van der Waals surface area contributed by atoms with Crippen LogP contribution < -0.4 is 5.32 Å². The Labute approximate surface area is 78.0 Å². The quantitative estimate of drug-likeness (QED) is 0.687. The molecule has 0 aliphatic heterocycles. The van der Waals surface area contributed by atoms with E-state index in [0.717, 1.165) is 0 Å². The Bertz CT molecular complexity index is 273. The van der Waals surface area contributed by atoms with E-state index >= 15 is 0 Å². The Hall–Kier alpha value is -1.03. The van der Waals surface area contributed by atoms with Gasteiger partial charge >= 0.3 is 0 Å². The smallest absolute Gasteiger partial charge is 0.201 e. The fraction of sp³-hybridized carbons (Fsp3) is 0.667. The van der Waals surface area contributed by atoms with Crippen LogP contribution >= 0.6 is 0 Å². The Morgan fingerprint density at radius 3 is 2.54 bits per heavy atom. The van der Waals surface area contributed by atoms with Gasteiger partial charge in [-0.15, -0.1) is 0 Å². The van der Waals surface area contributed by atoms with Crippen molar-refractivity contribution in [1.82, 2.24) is 4.98 Å². The summed E-state index contributed by atoms with van der Waals surface area (Å²) in [5, 5.41) is 11.8. The van der Waals surface area contributed by atoms with Gasteiger partial charge in [-0.05, 0) is 6.92 Å². The molecule has 4 nitrogen and oxygen atoms in total. The first-order chi connectivity index (χ1) is 5.89. The maximum absolute atomic E-state index is 9.03. The molecule has 0 bridgehead atoms. The predicted octanol–water partition coefficient (Wildman–Crippen LogP) is 1.72. The summed E-state index contributed by atoms with van der Waals surface area (Å²) >= 11 is 0. The number of anilines is 1. The molecular weight excluding hydrogens is 168 g/mol. The molecule has 0 radical (unpaired) electrons. The van der Waals surface area contributed by atoms with Crippen molar-refractivity contribution in [2.75, 3.05) is 5.32 Å². The Morgan fingerprint density at radius 2 is 2.15 bits per heavy atom. The normalized spacial score (nSPS) is 14.2. The molecule has 1 atom stereocenters. The molecule has 1 unspecified atom stereocenters. The first kappa shape index (κ1) is 10.1. The second-order valence-corrected chi connectivity index (χ2v) is 4.11. The molecule has 13 heavy (non-hydrogen) atoms. The monoisotopic (exact) mass is 184 g/mol. The molecule has 0 aromatic carbocycles. The molecule has 0 spiro atoms. The lowest BCUT2D eigenvalue weighted by Gasteiger charge is -2.11. The van der Waals surface area contributed by atoms with Gasteiger partial charge in [0.25, 0.3) is 0 Å². The van der Waals surface area contributed by atoms with Crippen LogP contribution in [0.15, 0.2) is 10.7 Å². The fourth-order valence-electron chi connectivity index (χ4n) is 0.899. The fourth-order valence-corrected chi connectivity index (χ4v) is 0.899. The van der Waals surface area contributed by atoms with Crippen LogP contribution in [0.5, 0.6) is 0 Å². The van der Waals surface area contributed by atoms with E-state index in [2.05, 4.69) is 10.3 Å². The van der Waals surface area contributed by atoms with Gasteiger partial charge in [0, 0.05) is 5.41 Å². The molecule has 0 fully saturated rings. The van der Waals surface area contributed by atoms with E-state index in [9.17, 15) is 0 Å². The maximum Gasteiger partial charge on any atom is 0.201 e. The molecular formula is C9H16N2O2. The molecule has 1 aromatic heterocycles. The van der Waals surface area contributed by atoms with E-state index in [1.807, 2.05) is 20.8 Å². The minimum Gasteiger partial charge on any atom is -0.446 e. The molecule has 1 aromatic rings. The molecule has 1 rings (SSSR count). The molecule has 4 heteroatoms. The summed E-state index contributed by atoms with van der Waals surface area (Å²) in [5.41, 5.74) is -0.0986. The summed E-state index contributed by atoms with van der Waals surface area (Å²) in [6.07, 6.45) is 0.894. The van der Waals surface area contributed by atoms with Gasteiger partial charge in [0.1, 0.15) is 12.5 Å². The Balaban J connectivity index is 2.75. The van der Waals surface area contributed by atoms with Crippen molar-refractivity contribution in [3.8, 4) is 0 Å². The van der Waals surface area contributed by atoms with Crippen molar-refractivity contribution in [1.29, 1.82) is 0 Å². The number of aromatic nitrogens is 1. The number of rotatable bonds is 2. The Kier molecular flexibility index (Phi) is 2.61. The van der Waals surface area contributed by atoms with E-state index in [-0.39, 0.29) is 5.41 Å². The van der Waals surface area contributed by atoms with Crippen LogP contribution in [0.1, 0.15) is 33.6 Å². The molecule has 1 heterocycles. The second-order valence-electron chi connectivity index (χ2n) is 4.11. The van der Waals surface area contributed by atoms with Gasteiger partial charge in [-0.25, -0.2) is 0 Å². The van der Waals surface area contributed by atoms with Crippen molar-refractivity contribution in [3.05, 3.63) is 12.2 Å². The van der Waals surface area contributed by atoms with Gasteiger partial charge in [-0.3, -0.25) is 0 Å². The zero-order valence-corrected chi connectivity index (χ0v) is 8.46. The summed E-state index contributed by atoms with van der Waals surface area (Å²) < 4.78 is 5.25. The van der Waals surface area contributed by atoms with Gasteiger partial charge < -0.3 is 14.8 Å². The third kappa shape index (κ3) is 2.73. The van der Waals surface area contributed by atoms with Crippen molar-refractivity contribution in [2.24, 2.45) is 0 Å². The van der Waals surface area contributed by atoms with Gasteiger partial charge in [0.2, 0.25) is 5.89 Å². The van der Waals surface area contributed by atoms with Crippen molar-refractivity contribution in [2.45, 2.75) is 39.3 Å². The summed E-state index contributed by atoms with van der Waals surface area (Å²) in [4.78, 5) is 4.18. The van der Waals surface area contributed by atoms with Gasteiger partial charge in [0.15, 0.2) is 5.82 Å². The molecule has 0 aliphatic rings. The second kappa shape index (κ2) is 3.38. The summed E-state index contributed by atoms with van der Waals surface area (Å²) in [6, 6.07) is 0. The largest absolute Gasteiger partial charge is 0.446 e. The summed E-state index contributed by atoms with van der Waals surface area (Å²) in [7, 11) is 0. The van der Waals surface area contributed by atoms with E-state index in [0.29, 0.717) is 11.7 Å². The summed E-state index contributed by atoms with van der Waals surface area (Å²) in [5.74, 6) is 1.23. The van der Waals surface area contributed by atoms with Gasteiger partial charge in [-0.2, -0.15) is 4.98 Å². The third-order valence-electron chi connectivity index (χ3n) is 1.50. The third-order valence-corrected chi connectivity index (χ3v) is 1.50. The number of hydrogen-bond donors (Lipinski definition) is 2. The average molecular weight is 184 g/mol. The number of oxazole rings is 1. The predicted molar refractivity (Wildman–Crippen MR) is 50.5 cm³/mol. The molecule has 74 valence electrons. The van der Waals surface area contributed by atoms with E-state index in [1.165, 1.54) is 6.26 Å². The number of nitrogens with zero attached hydrogens (tertiary/aromatic N) is 1. The molecule has 0 saturated carbocycles. The highest BCUT2D eigenvalue weighted by atomic mass is 16.3. The summed E-state index contributed by atoms with van der Waals surface area (Å²) in [6.45, 7) is 7.69. The topological polar surface area (TPSA) is 58.3 Å². The highest BCUT2D eigenvalue weighted by Crippen LogP contribution is 2.22. The number of nitrogens with one attached hydrogen (secondary N) is 1. The molecule has 0 aliphatic carbocycles. The standard InChI is InChI=1S/C9H16N2O2/c1-6(12)10-7-5-13-8(11-7)9(2,3)4/h5-6,10,12H,1-4H3. The average Bonchev–Trinajstić information content (AvgIpc) is 2.32. The van der Waals surface area contributed by atoms with Crippen LogP contribution in [0.25, 0.3) is 0 Å². The molecule has 0 saturated heterocycles. The number of aliphatic hydroxyl groups excluding tert-OH is 1. The van der Waals surface area contributed by atoms with Crippen LogP contribution in [0.2, 0.25) is 0 Å². The van der Waals surface area contributed by atoms with Crippen LogP contribution in [0.4, 0.5) is 5.82 Å². The van der Waals surface area contributed by atoms with Gasteiger partial charge in [-0.1, -0.05) is 20.8 Å². The first-order valence-electron chi connectivity index (χ1n) is 4.30. The highest BCUT2D eigenvalue weighted by molar-refractivity contribution is 5.31. The van der Waals surface area contributed by atoms with Crippen LogP contribution in [-0.4, -0.2) is 16.3 Å². The SMILES string of the molecule is CC(O)Nc1coc(C(C)(C)C)n1. The Morgan fingerprint density at radius 1 is 1.54 bits per heavy atom. The first-order valence-corrected chi connectivity index (χ1v) is 4.30. The minimum atomic E-state index is -0.613. The van der Waals surface area contributed by atoms with Crippen molar-refractivity contribution in [3.63, 3.8) is 0 Å². The van der Waals surface area contributed by atoms with E-state index in [4.69, 9.17) is 9.52 Å². The zero-order valence-electron chi connectivity index (χ0n) is 8.46. The maximum atomic E-state index is 9.03.